The molecule has 2 aromatic rings. The van der Waals surface area contributed by atoms with Crippen molar-refractivity contribution in [3.05, 3.63) is 66.2 Å². The van der Waals surface area contributed by atoms with E-state index in [1.54, 1.807) is 5.06 Å². The van der Waals surface area contributed by atoms with Crippen molar-refractivity contribution in [2.75, 3.05) is 25.9 Å². The molecular formula is C17H20NO6P. The van der Waals surface area contributed by atoms with E-state index < -0.39 is 19.3 Å². The molecule has 25 heavy (non-hydrogen) atoms. The van der Waals surface area contributed by atoms with Gasteiger partial charge in [0.1, 0.15) is 5.66 Å². The van der Waals surface area contributed by atoms with Crippen molar-refractivity contribution < 1.29 is 28.5 Å². The molecule has 0 aliphatic carbocycles. The van der Waals surface area contributed by atoms with Crippen LogP contribution in [0.4, 0.5) is 5.69 Å². The monoisotopic (exact) mass is 365 g/mol. The average Bonchev–Trinajstić information content (AvgIpc) is 3.09. The van der Waals surface area contributed by atoms with E-state index in [0.29, 0.717) is 0 Å². The average molecular weight is 365 g/mol. The molecule has 0 spiro atoms. The molecule has 1 heterocycles. The Bertz CT molecular complexity index is 704. The molecule has 0 N–H and O–H groups in total. The number of nitrogens with zero attached hydrogens (tertiary/aromatic N) is 1. The summed E-state index contributed by atoms with van der Waals surface area (Å²) in [5.41, 5.74) is 1.10. The number of para-hydroxylation sites is 1. The molecule has 1 aliphatic heterocycles. The molecule has 0 aromatic heterocycles. The fourth-order valence-electron chi connectivity index (χ4n) is 2.90. The Morgan fingerprint density at radius 1 is 0.960 bits per heavy atom. The van der Waals surface area contributed by atoms with Crippen molar-refractivity contribution in [3.63, 3.8) is 0 Å². The van der Waals surface area contributed by atoms with E-state index in [2.05, 4.69) is 9.78 Å². The van der Waals surface area contributed by atoms with Gasteiger partial charge in [0.05, 0.1) is 32.6 Å². The maximum absolute atomic E-state index is 13.2. The first kappa shape index (κ1) is 18.1. The molecule has 0 bridgehead atoms. The Hall–Kier alpha value is -1.73. The van der Waals surface area contributed by atoms with Gasteiger partial charge in [-0.25, -0.2) is 14.8 Å². The van der Waals surface area contributed by atoms with Gasteiger partial charge in [-0.2, -0.15) is 0 Å². The molecule has 2 atom stereocenters. The second-order valence-corrected chi connectivity index (χ2v) is 7.44. The van der Waals surface area contributed by atoms with E-state index in [0.717, 1.165) is 11.3 Å². The van der Waals surface area contributed by atoms with Crippen LogP contribution in [0.15, 0.2) is 60.7 Å². The van der Waals surface area contributed by atoms with Crippen molar-refractivity contribution >= 4 is 13.3 Å². The van der Waals surface area contributed by atoms with Gasteiger partial charge in [-0.15, -0.1) is 9.35 Å². The summed E-state index contributed by atoms with van der Waals surface area (Å²) in [7, 11) is -1.21. The van der Waals surface area contributed by atoms with Crippen LogP contribution in [0.1, 0.15) is 11.6 Å². The predicted octanol–water partition coefficient (Wildman–Crippen LogP) is 3.90. The third kappa shape index (κ3) is 3.77. The molecule has 2 unspecified atom stereocenters. The predicted molar refractivity (Wildman–Crippen MR) is 91.6 cm³/mol. The van der Waals surface area contributed by atoms with Crippen molar-refractivity contribution in [2.24, 2.45) is 0 Å². The molecular weight excluding hydrogens is 345 g/mol. The van der Waals surface area contributed by atoms with Gasteiger partial charge in [0.15, 0.2) is 0 Å². The molecule has 0 saturated carbocycles. The summed E-state index contributed by atoms with van der Waals surface area (Å²) in [6.45, 7) is 0.123. The Morgan fingerprint density at radius 2 is 1.52 bits per heavy atom. The standard InChI is InChI=1S/C17H20NO6P/c1-20-23-25(19,24-21-2)16-13-22-18(15-11-7-4-8-12-15)17(16)14-9-5-3-6-10-14/h3-12,16-17H,13H2,1-2H3. The molecule has 1 fully saturated rings. The van der Waals surface area contributed by atoms with Gasteiger partial charge in [-0.05, 0) is 17.7 Å². The lowest BCUT2D eigenvalue weighted by molar-refractivity contribution is -0.244. The van der Waals surface area contributed by atoms with Crippen LogP contribution in [-0.2, 0) is 28.5 Å². The Labute approximate surface area is 146 Å². The van der Waals surface area contributed by atoms with E-state index in [1.165, 1.54) is 14.2 Å². The maximum atomic E-state index is 13.2. The van der Waals surface area contributed by atoms with Crippen molar-refractivity contribution in [1.82, 2.24) is 0 Å². The summed E-state index contributed by atoms with van der Waals surface area (Å²) in [5, 5.41) is 1.71. The Morgan fingerprint density at radius 3 is 2.08 bits per heavy atom. The lowest BCUT2D eigenvalue weighted by Gasteiger charge is -2.29. The maximum Gasteiger partial charge on any atom is 0.392 e. The van der Waals surface area contributed by atoms with E-state index in [4.69, 9.17) is 14.2 Å². The molecule has 8 heteroatoms. The van der Waals surface area contributed by atoms with Crippen molar-refractivity contribution in [3.8, 4) is 0 Å². The second kappa shape index (κ2) is 8.10. The minimum absolute atomic E-state index is 0.123. The van der Waals surface area contributed by atoms with E-state index in [1.807, 2.05) is 60.7 Å². The summed E-state index contributed by atoms with van der Waals surface area (Å²) in [6.07, 6.45) is 0. The van der Waals surface area contributed by atoms with Gasteiger partial charge in [-0.3, -0.25) is 9.40 Å². The summed E-state index contributed by atoms with van der Waals surface area (Å²) >= 11 is 0. The summed E-state index contributed by atoms with van der Waals surface area (Å²) in [4.78, 5) is 15.2. The highest BCUT2D eigenvalue weighted by molar-refractivity contribution is 7.54. The van der Waals surface area contributed by atoms with Gasteiger partial charge < -0.3 is 0 Å². The normalized spacial score (nSPS) is 20.8. The number of hydrogen-bond acceptors (Lipinski definition) is 7. The van der Waals surface area contributed by atoms with E-state index in [9.17, 15) is 4.57 Å². The van der Waals surface area contributed by atoms with Crippen LogP contribution < -0.4 is 5.06 Å². The fourth-order valence-corrected chi connectivity index (χ4v) is 4.45. The zero-order valence-electron chi connectivity index (χ0n) is 14.0. The number of hydrogen-bond donors (Lipinski definition) is 0. The minimum atomic E-state index is -3.76. The molecule has 134 valence electrons. The first-order valence-corrected chi connectivity index (χ1v) is 9.37. The van der Waals surface area contributed by atoms with Crippen LogP contribution in [-0.4, -0.2) is 26.5 Å². The third-order valence-electron chi connectivity index (χ3n) is 3.92. The number of hydroxylamine groups is 1. The van der Waals surface area contributed by atoms with Crippen LogP contribution in [0.3, 0.4) is 0 Å². The van der Waals surface area contributed by atoms with Gasteiger partial charge in [0.2, 0.25) is 0 Å². The minimum Gasteiger partial charge on any atom is -0.272 e. The molecule has 0 radical (unpaired) electrons. The highest BCUT2D eigenvalue weighted by Crippen LogP contribution is 2.60. The van der Waals surface area contributed by atoms with E-state index >= 15 is 0 Å². The molecule has 3 rings (SSSR count). The van der Waals surface area contributed by atoms with Crippen LogP contribution >= 0.6 is 7.60 Å². The molecule has 7 nitrogen and oxygen atoms in total. The van der Waals surface area contributed by atoms with Crippen LogP contribution in [0, 0.1) is 0 Å². The van der Waals surface area contributed by atoms with Gasteiger partial charge in [0.25, 0.3) is 0 Å². The lowest BCUT2D eigenvalue weighted by Crippen LogP contribution is -2.27. The van der Waals surface area contributed by atoms with E-state index in [-0.39, 0.29) is 6.61 Å². The fraction of sp³-hybridized carbons (Fsp3) is 0.294. The first-order valence-electron chi connectivity index (χ1n) is 7.76. The van der Waals surface area contributed by atoms with Crippen LogP contribution in [0.5, 0.6) is 0 Å². The quantitative estimate of drug-likeness (QED) is 0.419. The topological polar surface area (TPSA) is 66.5 Å². The highest BCUT2D eigenvalue weighted by atomic mass is 31.2. The lowest BCUT2D eigenvalue weighted by atomic mass is 10.0. The molecule has 2 aromatic carbocycles. The third-order valence-corrected chi connectivity index (χ3v) is 5.87. The summed E-state index contributed by atoms with van der Waals surface area (Å²) < 4.78 is 23.2. The smallest absolute Gasteiger partial charge is 0.272 e. The molecule has 1 saturated heterocycles. The highest BCUT2D eigenvalue weighted by Gasteiger charge is 2.51. The number of rotatable bonds is 7. The summed E-state index contributed by atoms with van der Waals surface area (Å²) in [5.74, 6) is 0. The Kier molecular flexibility index (Phi) is 5.86. The van der Waals surface area contributed by atoms with Crippen molar-refractivity contribution in [2.45, 2.75) is 11.7 Å². The largest absolute Gasteiger partial charge is 0.392 e. The molecule has 1 aliphatic rings. The first-order chi connectivity index (χ1) is 12.2. The van der Waals surface area contributed by atoms with Crippen molar-refractivity contribution in [1.29, 1.82) is 0 Å². The molecule has 0 amide bonds. The SMILES string of the molecule is COOP(=O)(OOC)C1CON(c2ccccc2)C1c1ccccc1. The number of anilines is 1. The van der Waals surface area contributed by atoms with Crippen LogP contribution in [0.2, 0.25) is 0 Å². The van der Waals surface area contributed by atoms with Gasteiger partial charge in [0, 0.05) is 0 Å². The van der Waals surface area contributed by atoms with Gasteiger partial charge >= 0.3 is 7.60 Å². The summed E-state index contributed by atoms with van der Waals surface area (Å²) in [6, 6.07) is 18.8. The second-order valence-electron chi connectivity index (χ2n) is 5.40. The zero-order chi connectivity index (χ0) is 17.7. The zero-order valence-corrected chi connectivity index (χ0v) is 14.9. The Balaban J connectivity index is 2.02. The number of benzene rings is 2. The van der Waals surface area contributed by atoms with Crippen LogP contribution in [0.25, 0.3) is 0 Å². The van der Waals surface area contributed by atoms with Gasteiger partial charge in [-0.1, -0.05) is 48.5 Å².